The van der Waals surface area contributed by atoms with Crippen LogP contribution in [0, 0.1) is 0 Å². The molecule has 0 saturated carbocycles. The Morgan fingerprint density at radius 3 is 1.45 bits per heavy atom. The molecule has 62 heavy (non-hydrogen) atoms. The lowest BCUT2D eigenvalue weighted by Gasteiger charge is -2.34. The summed E-state index contributed by atoms with van der Waals surface area (Å²) in [6, 6.07) is -0.752. The summed E-state index contributed by atoms with van der Waals surface area (Å²) in [7, 11) is 5.36. The smallest absolute Gasteiger partial charge is 0.306 e. The Morgan fingerprint density at radius 2 is 0.935 bits per heavy atom. The van der Waals surface area contributed by atoms with Crippen LogP contribution in [-0.2, 0) is 28.6 Å². The molecule has 0 spiro atoms. The zero-order chi connectivity index (χ0) is 45.6. The van der Waals surface area contributed by atoms with Gasteiger partial charge < -0.3 is 28.6 Å². The first-order chi connectivity index (χ1) is 30.1. The second kappa shape index (κ2) is 42.9. The number of hydrogen-bond acceptors (Lipinski definition) is 7. The van der Waals surface area contributed by atoms with Crippen LogP contribution in [0.25, 0.3) is 0 Å². The van der Waals surface area contributed by atoms with Crippen molar-refractivity contribution in [2.75, 3.05) is 41.0 Å². The Morgan fingerprint density at radius 1 is 0.500 bits per heavy atom. The maximum absolute atomic E-state index is 12.7. The van der Waals surface area contributed by atoms with Gasteiger partial charge in [-0.25, -0.2) is 0 Å². The molecule has 0 aliphatic carbocycles. The number of allylic oxidation sites excluding steroid dienone is 24. The molecule has 0 amide bonds. The zero-order valence-corrected chi connectivity index (χ0v) is 39.0. The average molecular weight is 856 g/mol. The van der Waals surface area contributed by atoms with Crippen LogP contribution >= 0.6 is 0 Å². The SMILES string of the molecule is CC/C=C/C=C/C=C/C=C/C=C/C=C/CCCCCC(=O)OCC(COCCC(C(=O)[O-])[N+](C)(C)C)OC(=O)CCCC/C=C/C/C=C/C/C=C/C/C=C/C/C=C/C/C=C/CC. The summed E-state index contributed by atoms with van der Waals surface area (Å²) in [5, 5.41) is 11.6. The van der Waals surface area contributed by atoms with Crippen molar-refractivity contribution in [1.82, 2.24) is 0 Å². The minimum Gasteiger partial charge on any atom is -0.544 e. The van der Waals surface area contributed by atoms with Gasteiger partial charge in [-0.2, -0.15) is 0 Å². The fraction of sp³-hybridized carbons (Fsp3) is 0.500. The van der Waals surface area contributed by atoms with Crippen molar-refractivity contribution < 1.29 is 38.2 Å². The van der Waals surface area contributed by atoms with Gasteiger partial charge in [-0.1, -0.05) is 166 Å². The van der Waals surface area contributed by atoms with Crippen molar-refractivity contribution in [3.63, 3.8) is 0 Å². The number of ether oxygens (including phenoxy) is 3. The number of carboxylic acid groups (broad SMARTS) is 1. The number of esters is 2. The summed E-state index contributed by atoms with van der Waals surface area (Å²) >= 11 is 0. The van der Waals surface area contributed by atoms with Crippen LogP contribution in [-0.4, -0.2) is 75.5 Å². The third kappa shape index (κ3) is 40.6. The van der Waals surface area contributed by atoms with E-state index in [2.05, 4.69) is 98.9 Å². The van der Waals surface area contributed by atoms with Gasteiger partial charge in [0.1, 0.15) is 12.6 Å². The third-order valence-electron chi connectivity index (χ3n) is 9.13. The molecule has 0 aliphatic rings. The van der Waals surface area contributed by atoms with E-state index in [9.17, 15) is 19.5 Å². The molecule has 0 fully saturated rings. The molecule has 0 aromatic heterocycles. The third-order valence-corrected chi connectivity index (χ3v) is 9.13. The Labute approximate surface area is 376 Å². The first-order valence-corrected chi connectivity index (χ1v) is 22.9. The molecular formula is C54H81NO7. The van der Waals surface area contributed by atoms with Crippen molar-refractivity contribution in [1.29, 1.82) is 0 Å². The molecule has 0 aliphatic heterocycles. The van der Waals surface area contributed by atoms with Crippen LogP contribution in [0.1, 0.15) is 123 Å². The molecule has 8 heteroatoms. The zero-order valence-electron chi connectivity index (χ0n) is 39.0. The molecule has 2 unspecified atom stereocenters. The molecule has 0 heterocycles. The highest BCUT2D eigenvalue weighted by Gasteiger charge is 2.25. The molecule has 0 saturated heterocycles. The van der Waals surface area contributed by atoms with E-state index in [1.807, 2.05) is 60.8 Å². The largest absolute Gasteiger partial charge is 0.544 e. The molecular weight excluding hydrogens is 775 g/mol. The van der Waals surface area contributed by atoms with E-state index < -0.39 is 18.1 Å². The standard InChI is InChI=1S/C54H81NO7/c1-6-8-10-12-14-16-18-20-22-24-25-26-27-29-31-33-35-37-39-41-43-45-53(57)62-50(48-60-47-46-51(54(58)59)55(3,4)5)49-61-52(56)44-42-40-38-36-34-32-30-28-23-21-19-17-15-13-11-9-7-2/h8-11,13-17,19-23,25-26,28-32,34-35,37,50-51H,6-7,12,18,24,27,33,36,38-49H2,1-5H3/b10-8+,11-9+,15-13+,16-14+,19-17+,22-20+,23-21+,26-25+,30-28+,31-29+,34-32+,37-35+. The number of nitrogens with zero attached hydrogens (tertiary/aromatic N) is 1. The van der Waals surface area contributed by atoms with E-state index in [4.69, 9.17) is 14.2 Å². The van der Waals surface area contributed by atoms with Crippen molar-refractivity contribution >= 4 is 17.9 Å². The molecule has 344 valence electrons. The second-order valence-corrected chi connectivity index (χ2v) is 15.7. The molecule has 0 aromatic carbocycles. The van der Waals surface area contributed by atoms with Crippen LogP contribution in [0.15, 0.2) is 146 Å². The van der Waals surface area contributed by atoms with Gasteiger partial charge in [0, 0.05) is 19.3 Å². The number of unbranched alkanes of at least 4 members (excludes halogenated alkanes) is 5. The number of carbonyl (C=O) groups is 3. The Hall–Kier alpha value is -4.79. The van der Waals surface area contributed by atoms with Crippen molar-refractivity contribution in [2.24, 2.45) is 0 Å². The van der Waals surface area contributed by atoms with E-state index in [1.165, 1.54) is 0 Å². The van der Waals surface area contributed by atoms with Gasteiger partial charge >= 0.3 is 11.9 Å². The predicted octanol–water partition coefficient (Wildman–Crippen LogP) is 11.6. The lowest BCUT2D eigenvalue weighted by atomic mass is 10.1. The number of likely N-dealkylation sites (N-methyl/N-ethyl adjacent to an activating group) is 1. The van der Waals surface area contributed by atoms with Crippen molar-refractivity contribution in [3.8, 4) is 0 Å². The van der Waals surface area contributed by atoms with Crippen molar-refractivity contribution in [3.05, 3.63) is 146 Å². The van der Waals surface area contributed by atoms with E-state index >= 15 is 0 Å². The highest BCUT2D eigenvalue weighted by atomic mass is 16.6. The fourth-order valence-electron chi connectivity index (χ4n) is 5.63. The lowest BCUT2D eigenvalue weighted by molar-refractivity contribution is -0.889. The average Bonchev–Trinajstić information content (AvgIpc) is 3.23. The minimum absolute atomic E-state index is 0.00394. The highest BCUT2D eigenvalue weighted by molar-refractivity contribution is 5.70. The first kappa shape index (κ1) is 57.2. The second-order valence-electron chi connectivity index (χ2n) is 15.7. The highest BCUT2D eigenvalue weighted by Crippen LogP contribution is 2.11. The first-order valence-electron chi connectivity index (χ1n) is 22.9. The number of hydrogen-bond donors (Lipinski definition) is 0. The van der Waals surface area contributed by atoms with Gasteiger partial charge in [0.2, 0.25) is 0 Å². The summed E-state index contributed by atoms with van der Waals surface area (Å²) < 4.78 is 17.1. The van der Waals surface area contributed by atoms with Crippen LogP contribution in [0.2, 0.25) is 0 Å². The van der Waals surface area contributed by atoms with Crippen LogP contribution in [0.3, 0.4) is 0 Å². The molecule has 0 radical (unpaired) electrons. The Balaban J connectivity index is 4.54. The molecule has 8 nitrogen and oxygen atoms in total. The topological polar surface area (TPSA) is 102 Å². The molecule has 0 N–H and O–H groups in total. The summed E-state index contributed by atoms with van der Waals surface area (Å²) in [5.74, 6) is -1.88. The van der Waals surface area contributed by atoms with E-state index in [-0.39, 0.29) is 55.5 Å². The number of aliphatic carboxylic acids is 1. The van der Waals surface area contributed by atoms with Gasteiger partial charge in [-0.05, 0) is 83.5 Å². The van der Waals surface area contributed by atoms with Gasteiger partial charge in [0.15, 0.2) is 6.10 Å². The summed E-state index contributed by atoms with van der Waals surface area (Å²) in [5.41, 5.74) is 0. The number of quaternary nitrogens is 1. The van der Waals surface area contributed by atoms with E-state index in [0.29, 0.717) is 12.8 Å². The van der Waals surface area contributed by atoms with Crippen LogP contribution < -0.4 is 5.11 Å². The summed E-state index contributed by atoms with van der Waals surface area (Å²) in [6.07, 6.45) is 63.0. The fourth-order valence-corrected chi connectivity index (χ4v) is 5.63. The normalized spacial score (nSPS) is 14.3. The van der Waals surface area contributed by atoms with Crippen LogP contribution in [0.5, 0.6) is 0 Å². The van der Waals surface area contributed by atoms with Gasteiger partial charge in [0.05, 0.1) is 40.3 Å². The predicted molar refractivity (Wildman–Crippen MR) is 258 cm³/mol. The van der Waals surface area contributed by atoms with Gasteiger partial charge in [-0.15, -0.1) is 0 Å². The monoisotopic (exact) mass is 856 g/mol. The maximum atomic E-state index is 12.7. The van der Waals surface area contributed by atoms with Crippen molar-refractivity contribution in [2.45, 2.75) is 135 Å². The summed E-state index contributed by atoms with van der Waals surface area (Å²) in [4.78, 5) is 36.9. The summed E-state index contributed by atoms with van der Waals surface area (Å²) in [6.45, 7) is 4.27. The number of rotatable bonds is 38. The molecule has 0 aromatic rings. The quantitative estimate of drug-likeness (QED) is 0.0200. The Kier molecular flexibility index (Phi) is 39.6. The van der Waals surface area contributed by atoms with Crippen LogP contribution in [0.4, 0.5) is 0 Å². The lowest BCUT2D eigenvalue weighted by Crippen LogP contribution is -2.55. The maximum Gasteiger partial charge on any atom is 0.306 e. The van der Waals surface area contributed by atoms with Gasteiger partial charge in [-0.3, -0.25) is 9.59 Å². The molecule has 0 bridgehead atoms. The number of carbonyl (C=O) groups excluding carboxylic acids is 3. The number of carboxylic acids is 1. The molecule has 2 atom stereocenters. The van der Waals surface area contributed by atoms with Gasteiger partial charge in [0.25, 0.3) is 0 Å². The molecule has 0 rings (SSSR count). The Bertz CT molecular complexity index is 1510. The van der Waals surface area contributed by atoms with E-state index in [0.717, 1.165) is 77.0 Å². The minimum atomic E-state index is -1.15. The van der Waals surface area contributed by atoms with E-state index in [1.54, 1.807) is 21.1 Å².